The van der Waals surface area contributed by atoms with Crippen molar-refractivity contribution in [3.63, 3.8) is 0 Å². The fourth-order valence-corrected chi connectivity index (χ4v) is 3.97. The van der Waals surface area contributed by atoms with Gasteiger partial charge >= 0.3 is 0 Å². The summed E-state index contributed by atoms with van der Waals surface area (Å²) >= 11 is 0. The number of ether oxygens (including phenoxy) is 1. The van der Waals surface area contributed by atoms with Gasteiger partial charge in [-0.3, -0.25) is 14.6 Å². The van der Waals surface area contributed by atoms with Crippen LogP contribution >= 0.6 is 0 Å². The molecule has 0 bridgehead atoms. The van der Waals surface area contributed by atoms with Crippen molar-refractivity contribution in [1.82, 2.24) is 15.2 Å². The van der Waals surface area contributed by atoms with E-state index >= 15 is 0 Å². The van der Waals surface area contributed by atoms with Crippen molar-refractivity contribution in [3.8, 4) is 0 Å². The van der Waals surface area contributed by atoms with E-state index in [0.717, 1.165) is 58.3 Å². The van der Waals surface area contributed by atoms with Crippen LogP contribution in [0.3, 0.4) is 0 Å². The van der Waals surface area contributed by atoms with Crippen molar-refractivity contribution in [2.45, 2.75) is 44.6 Å². The number of carbonyl (C=O) groups excluding carboxylic acids is 2. The molecule has 0 saturated carbocycles. The maximum atomic E-state index is 12.6. The van der Waals surface area contributed by atoms with Crippen LogP contribution in [0.15, 0.2) is 24.5 Å². The van der Waals surface area contributed by atoms with Gasteiger partial charge < -0.3 is 15.0 Å². The van der Waals surface area contributed by atoms with E-state index < -0.39 is 0 Å². The van der Waals surface area contributed by atoms with Crippen molar-refractivity contribution in [1.29, 1.82) is 0 Å². The molecule has 0 aliphatic carbocycles. The molecule has 2 aliphatic heterocycles. The minimum Gasteiger partial charge on any atom is -0.375 e. The Bertz CT molecular complexity index is 597. The van der Waals surface area contributed by atoms with Crippen molar-refractivity contribution in [2.75, 3.05) is 26.2 Å². The normalized spacial score (nSPS) is 22.6. The van der Waals surface area contributed by atoms with Crippen LogP contribution in [0.25, 0.3) is 0 Å². The van der Waals surface area contributed by atoms with E-state index in [2.05, 4.69) is 10.3 Å². The molecule has 1 unspecified atom stereocenters. The van der Waals surface area contributed by atoms with Crippen molar-refractivity contribution < 1.29 is 14.3 Å². The van der Waals surface area contributed by atoms with Gasteiger partial charge in [-0.25, -0.2) is 0 Å². The first-order chi connectivity index (χ1) is 12.1. The predicted molar refractivity (Wildman–Crippen MR) is 94.1 cm³/mol. The summed E-state index contributed by atoms with van der Waals surface area (Å²) in [6, 6.07) is 3.53. The number of nitrogens with one attached hydrogen (secondary N) is 1. The molecule has 1 aromatic heterocycles. The topological polar surface area (TPSA) is 71.5 Å². The lowest BCUT2D eigenvalue weighted by molar-refractivity contribution is -0.125. The summed E-state index contributed by atoms with van der Waals surface area (Å²) in [4.78, 5) is 29.5. The quantitative estimate of drug-likeness (QED) is 0.906. The van der Waals surface area contributed by atoms with Crippen LogP contribution in [0, 0.1) is 5.92 Å². The Morgan fingerprint density at radius 1 is 1.32 bits per heavy atom. The Kier molecular flexibility index (Phi) is 5.68. The molecule has 3 heterocycles. The molecule has 1 spiro atoms. The smallest absolute Gasteiger partial charge is 0.253 e. The minimum absolute atomic E-state index is 0.0321. The fourth-order valence-electron chi connectivity index (χ4n) is 3.97. The maximum absolute atomic E-state index is 12.6. The molecule has 136 valence electrons. The summed E-state index contributed by atoms with van der Waals surface area (Å²) in [7, 11) is 0. The van der Waals surface area contributed by atoms with E-state index in [-0.39, 0.29) is 17.4 Å². The van der Waals surface area contributed by atoms with Gasteiger partial charge in [0, 0.05) is 51.1 Å². The highest BCUT2D eigenvalue weighted by molar-refractivity contribution is 5.94. The van der Waals surface area contributed by atoms with Crippen LogP contribution in [0.1, 0.15) is 49.4 Å². The Morgan fingerprint density at radius 3 is 2.72 bits per heavy atom. The Labute approximate surface area is 148 Å². The van der Waals surface area contributed by atoms with Gasteiger partial charge in [-0.1, -0.05) is 0 Å². The van der Waals surface area contributed by atoms with Gasteiger partial charge in [-0.2, -0.15) is 0 Å². The number of amides is 2. The van der Waals surface area contributed by atoms with Crippen molar-refractivity contribution in [3.05, 3.63) is 30.1 Å². The number of pyridine rings is 1. The maximum Gasteiger partial charge on any atom is 0.253 e. The van der Waals surface area contributed by atoms with Crippen LogP contribution < -0.4 is 5.32 Å². The number of rotatable bonds is 4. The SMILES string of the molecule is CC(=O)NCCC1CCOC2(CCN(C(=O)c3ccncc3)CC2)C1. The van der Waals surface area contributed by atoms with Crippen LogP contribution in [0.4, 0.5) is 0 Å². The molecule has 0 aromatic carbocycles. The zero-order valence-corrected chi connectivity index (χ0v) is 14.9. The van der Waals surface area contributed by atoms with E-state index in [4.69, 9.17) is 4.74 Å². The summed E-state index contributed by atoms with van der Waals surface area (Å²) in [6.07, 6.45) is 8.18. The van der Waals surface area contributed by atoms with E-state index in [0.29, 0.717) is 11.5 Å². The molecule has 0 radical (unpaired) electrons. The zero-order chi connectivity index (χ0) is 17.7. The number of piperidine rings is 1. The third-order valence-electron chi connectivity index (χ3n) is 5.41. The number of aromatic nitrogens is 1. The van der Waals surface area contributed by atoms with Crippen LogP contribution in [-0.4, -0.2) is 53.5 Å². The van der Waals surface area contributed by atoms with Gasteiger partial charge in [0.15, 0.2) is 0 Å². The number of hydrogen-bond acceptors (Lipinski definition) is 4. The molecule has 6 heteroatoms. The third-order valence-corrected chi connectivity index (χ3v) is 5.41. The van der Waals surface area contributed by atoms with E-state index in [9.17, 15) is 9.59 Å². The summed E-state index contributed by atoms with van der Waals surface area (Å²) in [5.41, 5.74) is 0.609. The number of hydrogen-bond donors (Lipinski definition) is 1. The van der Waals surface area contributed by atoms with E-state index in [1.165, 1.54) is 0 Å². The number of nitrogens with zero attached hydrogens (tertiary/aromatic N) is 2. The largest absolute Gasteiger partial charge is 0.375 e. The monoisotopic (exact) mass is 345 g/mol. The van der Waals surface area contributed by atoms with Gasteiger partial charge in [0.2, 0.25) is 5.91 Å². The first-order valence-electron chi connectivity index (χ1n) is 9.16. The van der Waals surface area contributed by atoms with Gasteiger partial charge in [-0.15, -0.1) is 0 Å². The summed E-state index contributed by atoms with van der Waals surface area (Å²) < 4.78 is 6.16. The summed E-state index contributed by atoms with van der Waals surface area (Å²) in [5, 5.41) is 2.89. The summed E-state index contributed by atoms with van der Waals surface area (Å²) in [6.45, 7) is 4.55. The molecular formula is C19H27N3O3. The standard InChI is InChI=1S/C19H27N3O3/c1-15(23)21-10-2-16-5-13-25-19(14-16)6-11-22(12-7-19)18(24)17-3-8-20-9-4-17/h3-4,8-9,16H,2,5-7,10-14H2,1H3,(H,21,23). The summed E-state index contributed by atoms with van der Waals surface area (Å²) in [5.74, 6) is 0.697. The second-order valence-electron chi connectivity index (χ2n) is 7.19. The van der Waals surface area contributed by atoms with Crippen LogP contribution in [-0.2, 0) is 9.53 Å². The Morgan fingerprint density at radius 2 is 2.04 bits per heavy atom. The van der Waals surface area contributed by atoms with E-state index in [1.54, 1.807) is 31.5 Å². The molecule has 6 nitrogen and oxygen atoms in total. The van der Waals surface area contributed by atoms with E-state index in [1.807, 2.05) is 4.90 Å². The van der Waals surface area contributed by atoms with Gasteiger partial charge in [-0.05, 0) is 50.2 Å². The molecule has 2 amide bonds. The average molecular weight is 345 g/mol. The van der Waals surface area contributed by atoms with Crippen LogP contribution in [0.2, 0.25) is 0 Å². The highest BCUT2D eigenvalue weighted by Crippen LogP contribution is 2.38. The predicted octanol–water partition coefficient (Wildman–Crippen LogP) is 2.01. The lowest BCUT2D eigenvalue weighted by Crippen LogP contribution is -2.51. The van der Waals surface area contributed by atoms with Gasteiger partial charge in [0.1, 0.15) is 0 Å². The zero-order valence-electron chi connectivity index (χ0n) is 14.9. The van der Waals surface area contributed by atoms with Crippen LogP contribution in [0.5, 0.6) is 0 Å². The van der Waals surface area contributed by atoms with Gasteiger partial charge in [0.25, 0.3) is 5.91 Å². The molecule has 1 aromatic rings. The second-order valence-corrected chi connectivity index (χ2v) is 7.19. The fraction of sp³-hybridized carbons (Fsp3) is 0.632. The molecule has 2 fully saturated rings. The molecule has 3 rings (SSSR count). The molecule has 1 N–H and O–H groups in total. The molecular weight excluding hydrogens is 318 g/mol. The van der Waals surface area contributed by atoms with Crippen molar-refractivity contribution in [2.24, 2.45) is 5.92 Å². The Balaban J connectivity index is 1.52. The highest BCUT2D eigenvalue weighted by atomic mass is 16.5. The molecule has 25 heavy (non-hydrogen) atoms. The average Bonchev–Trinajstić information content (AvgIpc) is 2.62. The second kappa shape index (κ2) is 7.95. The number of carbonyl (C=O) groups is 2. The third kappa shape index (κ3) is 4.57. The highest BCUT2D eigenvalue weighted by Gasteiger charge is 2.41. The van der Waals surface area contributed by atoms with Crippen molar-refractivity contribution >= 4 is 11.8 Å². The first-order valence-corrected chi connectivity index (χ1v) is 9.16. The molecule has 1 atom stereocenters. The van der Waals surface area contributed by atoms with Gasteiger partial charge in [0.05, 0.1) is 5.60 Å². The first kappa shape index (κ1) is 17.9. The lowest BCUT2D eigenvalue weighted by atomic mass is 9.78. The molecule has 2 saturated heterocycles. The number of likely N-dealkylation sites (tertiary alicyclic amines) is 1. The minimum atomic E-state index is -0.0891. The lowest BCUT2D eigenvalue weighted by Gasteiger charge is -2.46. The Hall–Kier alpha value is -1.95. The molecule has 2 aliphatic rings.